The molecule has 0 heterocycles. The number of halogens is 1. The summed E-state index contributed by atoms with van der Waals surface area (Å²) in [5.41, 5.74) is 2.29. The highest BCUT2D eigenvalue weighted by atomic mass is 19.1. The van der Waals surface area contributed by atoms with E-state index in [4.69, 9.17) is 0 Å². The molecule has 2 aromatic carbocycles. The van der Waals surface area contributed by atoms with Crippen molar-refractivity contribution in [2.75, 3.05) is 7.05 Å². The van der Waals surface area contributed by atoms with Gasteiger partial charge in [-0.2, -0.15) is 0 Å². The van der Waals surface area contributed by atoms with Gasteiger partial charge in [0, 0.05) is 13.6 Å². The van der Waals surface area contributed by atoms with Crippen LogP contribution in [0.2, 0.25) is 0 Å². The third kappa shape index (κ3) is 3.19. The van der Waals surface area contributed by atoms with Crippen molar-refractivity contribution in [2.45, 2.75) is 13.5 Å². The summed E-state index contributed by atoms with van der Waals surface area (Å²) in [6.45, 7) is 2.47. The van der Waals surface area contributed by atoms with Crippen LogP contribution in [0.25, 0.3) is 0 Å². The van der Waals surface area contributed by atoms with Gasteiger partial charge in [-0.3, -0.25) is 4.79 Å². The molecule has 0 aliphatic carbocycles. The minimum absolute atomic E-state index is 0.109. The van der Waals surface area contributed by atoms with Gasteiger partial charge in [0.1, 0.15) is 5.82 Å². The topological polar surface area (TPSA) is 20.3 Å². The second kappa shape index (κ2) is 5.65. The first-order valence-corrected chi connectivity index (χ1v) is 6.13. The lowest BCUT2D eigenvalue weighted by atomic mass is 10.1. The molecule has 0 atom stereocenters. The number of amides is 1. The fourth-order valence-corrected chi connectivity index (χ4v) is 2.00. The van der Waals surface area contributed by atoms with Crippen molar-refractivity contribution in [1.29, 1.82) is 0 Å². The molecule has 0 N–H and O–H groups in total. The second-order valence-electron chi connectivity index (χ2n) is 4.63. The number of hydrogen-bond donors (Lipinski definition) is 0. The first-order chi connectivity index (χ1) is 9.08. The van der Waals surface area contributed by atoms with Gasteiger partial charge in [0.05, 0.1) is 5.56 Å². The van der Waals surface area contributed by atoms with Gasteiger partial charge in [0.25, 0.3) is 5.91 Å². The van der Waals surface area contributed by atoms with Crippen LogP contribution in [-0.4, -0.2) is 17.9 Å². The first-order valence-electron chi connectivity index (χ1n) is 6.13. The highest BCUT2D eigenvalue weighted by Crippen LogP contribution is 2.12. The van der Waals surface area contributed by atoms with E-state index in [0.717, 1.165) is 11.1 Å². The van der Waals surface area contributed by atoms with Gasteiger partial charge >= 0.3 is 0 Å². The Hall–Kier alpha value is -2.16. The summed E-state index contributed by atoms with van der Waals surface area (Å²) in [4.78, 5) is 13.7. The minimum atomic E-state index is -0.483. The molecule has 0 saturated heterocycles. The van der Waals surface area contributed by atoms with Crippen molar-refractivity contribution in [2.24, 2.45) is 0 Å². The summed E-state index contributed by atoms with van der Waals surface area (Å²) < 4.78 is 13.6. The average molecular weight is 257 g/mol. The van der Waals surface area contributed by atoms with Crippen molar-refractivity contribution >= 4 is 5.91 Å². The van der Waals surface area contributed by atoms with E-state index in [1.54, 1.807) is 19.2 Å². The van der Waals surface area contributed by atoms with Gasteiger partial charge in [-0.1, -0.05) is 42.0 Å². The summed E-state index contributed by atoms with van der Waals surface area (Å²) in [7, 11) is 1.68. The summed E-state index contributed by atoms with van der Waals surface area (Å²) in [5, 5.41) is 0. The van der Waals surface area contributed by atoms with Gasteiger partial charge in [0.15, 0.2) is 0 Å². The maximum absolute atomic E-state index is 13.6. The van der Waals surface area contributed by atoms with E-state index in [0.29, 0.717) is 6.54 Å². The molecule has 0 aliphatic rings. The van der Waals surface area contributed by atoms with Crippen LogP contribution in [-0.2, 0) is 6.54 Å². The van der Waals surface area contributed by atoms with Gasteiger partial charge in [0.2, 0.25) is 0 Å². The van der Waals surface area contributed by atoms with Crippen molar-refractivity contribution in [1.82, 2.24) is 4.90 Å². The lowest BCUT2D eigenvalue weighted by molar-refractivity contribution is 0.0780. The second-order valence-corrected chi connectivity index (χ2v) is 4.63. The van der Waals surface area contributed by atoms with E-state index in [-0.39, 0.29) is 11.5 Å². The highest BCUT2D eigenvalue weighted by Gasteiger charge is 2.15. The zero-order chi connectivity index (χ0) is 13.8. The summed E-state index contributed by atoms with van der Waals surface area (Å²) in [6, 6.07) is 14.0. The molecule has 0 radical (unpaired) electrons. The minimum Gasteiger partial charge on any atom is -0.337 e. The van der Waals surface area contributed by atoms with E-state index >= 15 is 0 Å². The molecule has 0 aromatic heterocycles. The van der Waals surface area contributed by atoms with E-state index in [1.807, 2.05) is 31.2 Å². The van der Waals surface area contributed by atoms with Crippen molar-refractivity contribution in [3.05, 3.63) is 71.0 Å². The van der Waals surface area contributed by atoms with E-state index < -0.39 is 5.82 Å². The lowest BCUT2D eigenvalue weighted by Crippen LogP contribution is -2.27. The zero-order valence-corrected chi connectivity index (χ0v) is 11.1. The lowest BCUT2D eigenvalue weighted by Gasteiger charge is -2.18. The predicted molar refractivity (Wildman–Crippen MR) is 73.4 cm³/mol. The molecule has 0 fully saturated rings. The van der Waals surface area contributed by atoms with E-state index in [9.17, 15) is 9.18 Å². The number of hydrogen-bond acceptors (Lipinski definition) is 1. The number of carbonyl (C=O) groups is 1. The quantitative estimate of drug-likeness (QED) is 0.825. The van der Waals surface area contributed by atoms with Gasteiger partial charge in [-0.05, 0) is 24.6 Å². The molecule has 2 aromatic rings. The van der Waals surface area contributed by atoms with Crippen molar-refractivity contribution in [3.8, 4) is 0 Å². The van der Waals surface area contributed by atoms with Gasteiger partial charge < -0.3 is 4.90 Å². The predicted octanol–water partition coefficient (Wildman–Crippen LogP) is 3.41. The number of aryl methyl sites for hydroxylation is 1. The molecule has 0 saturated carbocycles. The summed E-state index contributed by atoms with van der Waals surface area (Å²) in [5.74, 6) is -0.789. The van der Waals surface area contributed by atoms with Crippen LogP contribution in [0.4, 0.5) is 4.39 Å². The zero-order valence-electron chi connectivity index (χ0n) is 11.1. The number of rotatable bonds is 3. The Morgan fingerprint density at radius 2 is 1.89 bits per heavy atom. The molecule has 0 aliphatic heterocycles. The third-order valence-electron chi connectivity index (χ3n) is 2.95. The molecule has 0 bridgehead atoms. The molecule has 2 rings (SSSR count). The van der Waals surface area contributed by atoms with Crippen LogP contribution in [0.3, 0.4) is 0 Å². The maximum atomic E-state index is 13.6. The first kappa shape index (κ1) is 13.3. The van der Waals surface area contributed by atoms with Crippen LogP contribution in [0.5, 0.6) is 0 Å². The monoisotopic (exact) mass is 257 g/mol. The van der Waals surface area contributed by atoms with Crippen LogP contribution >= 0.6 is 0 Å². The third-order valence-corrected chi connectivity index (χ3v) is 2.95. The van der Waals surface area contributed by atoms with Crippen LogP contribution < -0.4 is 0 Å². The molecule has 1 amide bonds. The summed E-state index contributed by atoms with van der Waals surface area (Å²) in [6.07, 6.45) is 0. The fraction of sp³-hybridized carbons (Fsp3) is 0.188. The Labute approximate surface area is 112 Å². The number of nitrogens with zero attached hydrogens (tertiary/aromatic N) is 1. The largest absolute Gasteiger partial charge is 0.337 e. The average Bonchev–Trinajstić information content (AvgIpc) is 2.38. The molecule has 19 heavy (non-hydrogen) atoms. The Balaban J connectivity index is 2.14. The molecule has 0 unspecified atom stereocenters. The van der Waals surface area contributed by atoms with Gasteiger partial charge in [-0.25, -0.2) is 4.39 Å². The highest BCUT2D eigenvalue weighted by molar-refractivity contribution is 5.94. The van der Waals surface area contributed by atoms with E-state index in [1.165, 1.54) is 17.0 Å². The fourth-order valence-electron chi connectivity index (χ4n) is 2.00. The van der Waals surface area contributed by atoms with Crippen molar-refractivity contribution < 1.29 is 9.18 Å². The normalized spacial score (nSPS) is 10.3. The molecular weight excluding hydrogens is 241 g/mol. The Kier molecular flexibility index (Phi) is 3.95. The van der Waals surface area contributed by atoms with Gasteiger partial charge in [-0.15, -0.1) is 0 Å². The Bertz CT molecular complexity index is 595. The SMILES string of the molecule is Cc1cccc(CN(C)C(=O)c2ccccc2F)c1. The number of benzene rings is 2. The van der Waals surface area contributed by atoms with Crippen LogP contribution in [0.15, 0.2) is 48.5 Å². The van der Waals surface area contributed by atoms with Crippen LogP contribution in [0, 0.1) is 12.7 Å². The Morgan fingerprint density at radius 1 is 1.16 bits per heavy atom. The number of carbonyl (C=O) groups excluding carboxylic acids is 1. The molecular formula is C16H16FNO. The maximum Gasteiger partial charge on any atom is 0.256 e. The van der Waals surface area contributed by atoms with Crippen LogP contribution in [0.1, 0.15) is 21.5 Å². The van der Waals surface area contributed by atoms with Crippen molar-refractivity contribution in [3.63, 3.8) is 0 Å². The molecule has 98 valence electrons. The Morgan fingerprint density at radius 3 is 2.58 bits per heavy atom. The van der Waals surface area contributed by atoms with E-state index in [2.05, 4.69) is 0 Å². The molecule has 0 spiro atoms. The standard InChI is InChI=1S/C16H16FNO/c1-12-6-5-7-13(10-12)11-18(2)16(19)14-8-3-4-9-15(14)17/h3-10H,11H2,1-2H3. The summed E-state index contributed by atoms with van der Waals surface area (Å²) >= 11 is 0. The molecule has 3 heteroatoms. The smallest absolute Gasteiger partial charge is 0.256 e. The molecule has 2 nitrogen and oxygen atoms in total.